The Kier molecular flexibility index (Phi) is 12.2. The van der Waals surface area contributed by atoms with E-state index in [1.807, 2.05) is 4.90 Å². The van der Waals surface area contributed by atoms with Gasteiger partial charge in [-0.15, -0.1) is 24.0 Å². The SMILES string of the molecule is CCNC(=NCCCN1CCCC1=O)NCCCc1ccc(C(C)C)cc1.I. The zero-order valence-electron chi connectivity index (χ0n) is 17.7. The van der Waals surface area contributed by atoms with Gasteiger partial charge in [0.2, 0.25) is 5.91 Å². The number of carbonyl (C=O) groups excluding carboxylic acids is 1. The minimum absolute atomic E-state index is 0. The average Bonchev–Trinajstić information content (AvgIpc) is 3.07. The topological polar surface area (TPSA) is 56.7 Å². The fourth-order valence-corrected chi connectivity index (χ4v) is 3.30. The molecule has 0 atom stereocenters. The van der Waals surface area contributed by atoms with Gasteiger partial charge in [-0.2, -0.15) is 0 Å². The number of carbonyl (C=O) groups is 1. The zero-order valence-corrected chi connectivity index (χ0v) is 20.0. The number of hydrogen-bond donors (Lipinski definition) is 2. The predicted octanol–water partition coefficient (Wildman–Crippen LogP) is 3.93. The highest BCUT2D eigenvalue weighted by atomic mass is 127. The molecule has 2 N–H and O–H groups in total. The van der Waals surface area contributed by atoms with Crippen LogP contribution in [0.4, 0.5) is 0 Å². The van der Waals surface area contributed by atoms with Crippen molar-refractivity contribution in [2.75, 3.05) is 32.7 Å². The van der Waals surface area contributed by atoms with Crippen LogP contribution in [0.5, 0.6) is 0 Å². The van der Waals surface area contributed by atoms with E-state index < -0.39 is 0 Å². The highest BCUT2D eigenvalue weighted by Gasteiger charge is 2.18. The lowest BCUT2D eigenvalue weighted by molar-refractivity contribution is -0.127. The van der Waals surface area contributed by atoms with Gasteiger partial charge in [0, 0.05) is 39.1 Å². The summed E-state index contributed by atoms with van der Waals surface area (Å²) in [6.07, 6.45) is 4.79. The molecule has 0 aromatic heterocycles. The Morgan fingerprint density at radius 3 is 2.54 bits per heavy atom. The molecule has 0 saturated carbocycles. The smallest absolute Gasteiger partial charge is 0.222 e. The number of nitrogens with one attached hydrogen (secondary N) is 2. The van der Waals surface area contributed by atoms with Crippen molar-refractivity contribution in [1.82, 2.24) is 15.5 Å². The standard InChI is InChI=1S/C22H36N4O.HI/c1-4-23-22(25-15-7-17-26-16-6-9-21(26)27)24-14-5-8-19-10-12-20(13-11-19)18(2)3;/h10-13,18H,4-9,14-17H2,1-3H3,(H2,23,24,25);1H. The number of likely N-dealkylation sites (tertiary alicyclic amines) is 1. The summed E-state index contributed by atoms with van der Waals surface area (Å²) < 4.78 is 0. The van der Waals surface area contributed by atoms with Gasteiger partial charge in [-0.25, -0.2) is 0 Å². The highest BCUT2D eigenvalue weighted by Crippen LogP contribution is 2.15. The van der Waals surface area contributed by atoms with Crippen molar-refractivity contribution in [2.24, 2.45) is 4.99 Å². The summed E-state index contributed by atoms with van der Waals surface area (Å²) in [6, 6.07) is 8.97. The number of amides is 1. The van der Waals surface area contributed by atoms with Crippen LogP contribution in [0.3, 0.4) is 0 Å². The summed E-state index contributed by atoms with van der Waals surface area (Å²) in [5, 5.41) is 6.71. The van der Waals surface area contributed by atoms with Gasteiger partial charge >= 0.3 is 0 Å². The summed E-state index contributed by atoms with van der Waals surface area (Å²) in [5.74, 6) is 1.76. The van der Waals surface area contributed by atoms with Crippen molar-refractivity contribution in [1.29, 1.82) is 0 Å². The van der Waals surface area contributed by atoms with Crippen LogP contribution >= 0.6 is 24.0 Å². The molecule has 1 fully saturated rings. The van der Waals surface area contributed by atoms with E-state index in [1.54, 1.807) is 0 Å². The fourth-order valence-electron chi connectivity index (χ4n) is 3.30. The van der Waals surface area contributed by atoms with Crippen LogP contribution < -0.4 is 10.6 Å². The maximum Gasteiger partial charge on any atom is 0.222 e. The molecule has 5 nitrogen and oxygen atoms in total. The summed E-state index contributed by atoms with van der Waals surface area (Å²) in [7, 11) is 0. The Bertz CT molecular complexity index is 601. The molecule has 1 aliphatic rings. The Morgan fingerprint density at radius 1 is 1.18 bits per heavy atom. The highest BCUT2D eigenvalue weighted by molar-refractivity contribution is 14.0. The molecule has 0 radical (unpaired) electrons. The molecule has 158 valence electrons. The lowest BCUT2D eigenvalue weighted by Crippen LogP contribution is -2.38. The summed E-state index contributed by atoms with van der Waals surface area (Å²) in [6.45, 7) is 10.8. The van der Waals surface area contributed by atoms with Crippen molar-refractivity contribution in [2.45, 2.75) is 58.8 Å². The van der Waals surface area contributed by atoms with Crippen LogP contribution in [0, 0.1) is 0 Å². The van der Waals surface area contributed by atoms with E-state index in [-0.39, 0.29) is 24.0 Å². The maximum atomic E-state index is 11.6. The lowest BCUT2D eigenvalue weighted by atomic mass is 10.0. The van der Waals surface area contributed by atoms with Gasteiger partial charge in [0.15, 0.2) is 5.96 Å². The molecule has 28 heavy (non-hydrogen) atoms. The molecular formula is C22H37IN4O. The molecule has 1 aromatic rings. The molecule has 1 aliphatic heterocycles. The number of nitrogens with zero attached hydrogens (tertiary/aromatic N) is 2. The van der Waals surface area contributed by atoms with E-state index in [4.69, 9.17) is 0 Å². The molecule has 1 saturated heterocycles. The molecule has 1 aromatic carbocycles. The van der Waals surface area contributed by atoms with E-state index in [0.717, 1.165) is 64.4 Å². The normalized spacial score (nSPS) is 14.4. The number of aryl methyl sites for hydroxylation is 1. The molecule has 1 amide bonds. The minimum Gasteiger partial charge on any atom is -0.357 e. The molecule has 0 unspecified atom stereocenters. The van der Waals surface area contributed by atoms with E-state index in [1.165, 1.54) is 11.1 Å². The monoisotopic (exact) mass is 500 g/mol. The first-order valence-electron chi connectivity index (χ1n) is 10.5. The van der Waals surface area contributed by atoms with Gasteiger partial charge in [-0.05, 0) is 49.7 Å². The molecule has 0 spiro atoms. The van der Waals surface area contributed by atoms with Crippen LogP contribution in [0.1, 0.15) is 63.5 Å². The van der Waals surface area contributed by atoms with Crippen LogP contribution in [-0.2, 0) is 11.2 Å². The Balaban J connectivity index is 0.00000392. The average molecular weight is 500 g/mol. The van der Waals surface area contributed by atoms with Gasteiger partial charge in [-0.3, -0.25) is 9.79 Å². The van der Waals surface area contributed by atoms with E-state index in [0.29, 0.717) is 18.2 Å². The first-order chi connectivity index (χ1) is 13.1. The Morgan fingerprint density at radius 2 is 1.93 bits per heavy atom. The van der Waals surface area contributed by atoms with Gasteiger partial charge in [0.1, 0.15) is 0 Å². The number of benzene rings is 1. The van der Waals surface area contributed by atoms with Crippen LogP contribution in [0.2, 0.25) is 0 Å². The second-order valence-corrected chi connectivity index (χ2v) is 7.53. The number of rotatable bonds is 10. The van der Waals surface area contributed by atoms with Crippen LogP contribution in [-0.4, -0.2) is 49.5 Å². The third-order valence-electron chi connectivity index (χ3n) is 4.95. The van der Waals surface area contributed by atoms with Crippen LogP contribution in [0.15, 0.2) is 29.3 Å². The largest absolute Gasteiger partial charge is 0.357 e. The quantitative estimate of drug-likeness (QED) is 0.222. The summed E-state index contributed by atoms with van der Waals surface area (Å²) in [5.41, 5.74) is 2.78. The van der Waals surface area contributed by atoms with Gasteiger partial charge in [0.05, 0.1) is 0 Å². The molecule has 0 bridgehead atoms. The maximum absolute atomic E-state index is 11.6. The van der Waals surface area contributed by atoms with Crippen molar-refractivity contribution >= 4 is 35.8 Å². The predicted molar refractivity (Wildman–Crippen MR) is 129 cm³/mol. The molecular weight excluding hydrogens is 463 g/mol. The van der Waals surface area contributed by atoms with Crippen molar-refractivity contribution in [3.05, 3.63) is 35.4 Å². The fraction of sp³-hybridized carbons (Fsp3) is 0.636. The third-order valence-corrected chi connectivity index (χ3v) is 4.95. The zero-order chi connectivity index (χ0) is 19.5. The third kappa shape index (κ3) is 8.80. The molecule has 2 rings (SSSR count). The van der Waals surface area contributed by atoms with Crippen molar-refractivity contribution < 1.29 is 4.79 Å². The Hall–Kier alpha value is -1.31. The molecule has 6 heteroatoms. The van der Waals surface area contributed by atoms with E-state index >= 15 is 0 Å². The second-order valence-electron chi connectivity index (χ2n) is 7.53. The van der Waals surface area contributed by atoms with Crippen LogP contribution in [0.25, 0.3) is 0 Å². The minimum atomic E-state index is 0. The Labute approximate surface area is 187 Å². The van der Waals surface area contributed by atoms with Gasteiger partial charge in [0.25, 0.3) is 0 Å². The first-order valence-corrected chi connectivity index (χ1v) is 10.5. The van der Waals surface area contributed by atoms with Crippen molar-refractivity contribution in [3.63, 3.8) is 0 Å². The number of hydrogen-bond acceptors (Lipinski definition) is 2. The molecule has 1 heterocycles. The van der Waals surface area contributed by atoms with Gasteiger partial charge in [-0.1, -0.05) is 38.1 Å². The van der Waals surface area contributed by atoms with Gasteiger partial charge < -0.3 is 15.5 Å². The second kappa shape index (κ2) is 13.8. The summed E-state index contributed by atoms with van der Waals surface area (Å²) >= 11 is 0. The number of aliphatic imine (C=N–C) groups is 1. The van der Waals surface area contributed by atoms with E-state index in [9.17, 15) is 4.79 Å². The van der Waals surface area contributed by atoms with Crippen molar-refractivity contribution in [3.8, 4) is 0 Å². The first kappa shape index (κ1) is 24.7. The molecule has 0 aliphatic carbocycles. The summed E-state index contributed by atoms with van der Waals surface area (Å²) in [4.78, 5) is 18.2. The number of guanidine groups is 1. The number of halogens is 1. The van der Waals surface area contributed by atoms with E-state index in [2.05, 4.69) is 60.7 Å². The lowest BCUT2D eigenvalue weighted by Gasteiger charge is -2.15.